The van der Waals surface area contributed by atoms with Crippen LogP contribution < -0.4 is 5.32 Å². The van der Waals surface area contributed by atoms with Gasteiger partial charge in [0.25, 0.3) is 0 Å². The summed E-state index contributed by atoms with van der Waals surface area (Å²) in [6, 6.07) is 6.78. The van der Waals surface area contributed by atoms with E-state index in [1.807, 2.05) is 12.3 Å². The summed E-state index contributed by atoms with van der Waals surface area (Å²) in [7, 11) is 0. The molecule has 0 spiro atoms. The van der Waals surface area contributed by atoms with Crippen LogP contribution in [-0.2, 0) is 6.54 Å². The van der Waals surface area contributed by atoms with E-state index in [1.165, 1.54) is 19.3 Å². The average molecular weight is 244 g/mol. The maximum absolute atomic E-state index is 4.41. The third kappa shape index (κ3) is 1.78. The number of nitrogens with one attached hydrogen (secondary N) is 1. The van der Waals surface area contributed by atoms with Gasteiger partial charge in [0.05, 0.1) is 5.69 Å². The summed E-state index contributed by atoms with van der Waals surface area (Å²) in [6.07, 6.45) is 6.09. The van der Waals surface area contributed by atoms with E-state index in [0.717, 1.165) is 18.2 Å². The van der Waals surface area contributed by atoms with Gasteiger partial charge in [-0.15, -0.1) is 0 Å². The Morgan fingerprint density at radius 1 is 1.33 bits per heavy atom. The van der Waals surface area contributed by atoms with Crippen molar-refractivity contribution in [2.75, 3.05) is 0 Å². The number of pyridine rings is 1. The highest BCUT2D eigenvalue weighted by Gasteiger charge is 2.58. The maximum Gasteiger partial charge on any atom is 0.0541 e. The molecule has 3 atom stereocenters. The Labute approximate surface area is 110 Å². The van der Waals surface area contributed by atoms with Gasteiger partial charge in [0.15, 0.2) is 0 Å². The first-order valence-electron chi connectivity index (χ1n) is 7.16. The van der Waals surface area contributed by atoms with E-state index in [0.29, 0.717) is 16.9 Å². The summed E-state index contributed by atoms with van der Waals surface area (Å²) in [5, 5.41) is 3.80. The van der Waals surface area contributed by atoms with Crippen LogP contribution in [0.5, 0.6) is 0 Å². The normalized spacial score (nSPS) is 37.1. The molecule has 2 nitrogen and oxygen atoms in total. The van der Waals surface area contributed by atoms with Crippen LogP contribution >= 0.6 is 0 Å². The van der Waals surface area contributed by atoms with E-state index >= 15 is 0 Å². The number of hydrogen-bond acceptors (Lipinski definition) is 2. The molecular formula is C16H24N2. The molecule has 2 aliphatic carbocycles. The molecule has 2 saturated carbocycles. The lowest BCUT2D eigenvalue weighted by molar-refractivity contribution is 0.107. The second kappa shape index (κ2) is 4.06. The Bertz CT molecular complexity index is 421. The average Bonchev–Trinajstić information content (AvgIpc) is 2.81. The van der Waals surface area contributed by atoms with E-state index in [4.69, 9.17) is 0 Å². The van der Waals surface area contributed by atoms with Crippen LogP contribution in [-0.4, -0.2) is 11.0 Å². The first-order chi connectivity index (χ1) is 8.52. The quantitative estimate of drug-likeness (QED) is 0.881. The minimum absolute atomic E-state index is 0.432. The van der Waals surface area contributed by atoms with Crippen LogP contribution in [0.15, 0.2) is 24.4 Å². The van der Waals surface area contributed by atoms with E-state index < -0.39 is 0 Å². The molecule has 18 heavy (non-hydrogen) atoms. The maximum atomic E-state index is 4.41. The molecule has 1 N–H and O–H groups in total. The third-order valence-electron chi connectivity index (χ3n) is 5.48. The van der Waals surface area contributed by atoms with Gasteiger partial charge in [-0.3, -0.25) is 4.98 Å². The molecule has 1 unspecified atom stereocenters. The molecular weight excluding hydrogens is 220 g/mol. The van der Waals surface area contributed by atoms with Gasteiger partial charge in [-0.2, -0.15) is 0 Å². The summed E-state index contributed by atoms with van der Waals surface area (Å²) in [4.78, 5) is 4.41. The molecule has 0 aliphatic heterocycles. The van der Waals surface area contributed by atoms with Crippen molar-refractivity contribution in [1.82, 2.24) is 10.3 Å². The fourth-order valence-electron chi connectivity index (χ4n) is 4.52. The topological polar surface area (TPSA) is 24.9 Å². The number of fused-ring (bicyclic) bond motifs is 2. The van der Waals surface area contributed by atoms with Crippen molar-refractivity contribution in [3.63, 3.8) is 0 Å². The Hall–Kier alpha value is -0.890. The summed E-state index contributed by atoms with van der Waals surface area (Å²) in [5.41, 5.74) is 2.09. The van der Waals surface area contributed by atoms with Gasteiger partial charge in [0, 0.05) is 18.8 Å². The standard InChI is InChI=1S/C16H24N2/c1-15(2)12-7-8-16(3,10-12)14(15)18-11-13-6-4-5-9-17-13/h4-6,9,12,14,18H,7-8,10-11H2,1-3H3/t12-,14?,16+/m0/s1. The van der Waals surface area contributed by atoms with Crippen molar-refractivity contribution in [3.05, 3.63) is 30.1 Å². The summed E-state index contributed by atoms with van der Waals surface area (Å²) in [5.74, 6) is 0.906. The van der Waals surface area contributed by atoms with Gasteiger partial charge < -0.3 is 5.32 Å². The largest absolute Gasteiger partial charge is 0.307 e. The Morgan fingerprint density at radius 2 is 2.17 bits per heavy atom. The van der Waals surface area contributed by atoms with Gasteiger partial charge in [0.2, 0.25) is 0 Å². The van der Waals surface area contributed by atoms with Crippen molar-refractivity contribution in [2.24, 2.45) is 16.7 Å². The van der Waals surface area contributed by atoms with Crippen LogP contribution in [0.1, 0.15) is 45.7 Å². The van der Waals surface area contributed by atoms with Gasteiger partial charge in [0.1, 0.15) is 0 Å². The molecule has 2 aliphatic rings. The molecule has 0 amide bonds. The monoisotopic (exact) mass is 244 g/mol. The van der Waals surface area contributed by atoms with E-state index in [9.17, 15) is 0 Å². The molecule has 1 heterocycles. The fraction of sp³-hybridized carbons (Fsp3) is 0.688. The molecule has 3 rings (SSSR count). The minimum Gasteiger partial charge on any atom is -0.307 e. The Kier molecular flexibility index (Phi) is 2.74. The molecule has 1 aromatic rings. The van der Waals surface area contributed by atoms with Crippen molar-refractivity contribution < 1.29 is 0 Å². The van der Waals surface area contributed by atoms with Gasteiger partial charge >= 0.3 is 0 Å². The minimum atomic E-state index is 0.432. The zero-order valence-electron chi connectivity index (χ0n) is 11.7. The second-order valence-electron chi connectivity index (χ2n) is 7.05. The van der Waals surface area contributed by atoms with Crippen LogP contribution in [0.3, 0.4) is 0 Å². The van der Waals surface area contributed by atoms with Crippen molar-refractivity contribution in [2.45, 2.75) is 52.6 Å². The molecule has 0 aromatic carbocycles. The smallest absolute Gasteiger partial charge is 0.0541 e. The molecule has 2 heteroatoms. The van der Waals surface area contributed by atoms with Crippen molar-refractivity contribution in [1.29, 1.82) is 0 Å². The summed E-state index contributed by atoms with van der Waals surface area (Å²) in [6.45, 7) is 8.26. The van der Waals surface area contributed by atoms with Crippen LogP contribution in [0.2, 0.25) is 0 Å². The van der Waals surface area contributed by atoms with Crippen molar-refractivity contribution >= 4 is 0 Å². The number of aromatic nitrogens is 1. The lowest BCUT2D eigenvalue weighted by atomic mass is 9.68. The van der Waals surface area contributed by atoms with Crippen LogP contribution in [0.25, 0.3) is 0 Å². The predicted molar refractivity (Wildman–Crippen MR) is 74.1 cm³/mol. The highest BCUT2D eigenvalue weighted by molar-refractivity contribution is 5.13. The summed E-state index contributed by atoms with van der Waals surface area (Å²) >= 11 is 0. The summed E-state index contributed by atoms with van der Waals surface area (Å²) < 4.78 is 0. The van der Waals surface area contributed by atoms with E-state index in [-0.39, 0.29) is 0 Å². The highest BCUT2D eigenvalue weighted by atomic mass is 15.0. The first-order valence-corrected chi connectivity index (χ1v) is 7.16. The van der Waals surface area contributed by atoms with Gasteiger partial charge in [-0.1, -0.05) is 26.8 Å². The van der Waals surface area contributed by atoms with Gasteiger partial charge in [-0.05, 0) is 48.1 Å². The lowest BCUT2D eigenvalue weighted by Gasteiger charge is -2.43. The molecule has 2 fully saturated rings. The number of rotatable bonds is 3. The van der Waals surface area contributed by atoms with E-state index in [2.05, 4.69) is 43.2 Å². The predicted octanol–water partition coefficient (Wildman–Crippen LogP) is 3.39. The SMILES string of the molecule is CC1(C)C(NCc2ccccn2)[C@]2(C)CC[C@H]1C2. The molecule has 2 bridgehead atoms. The highest BCUT2D eigenvalue weighted by Crippen LogP contribution is 2.62. The zero-order valence-corrected chi connectivity index (χ0v) is 11.7. The van der Waals surface area contributed by atoms with E-state index in [1.54, 1.807) is 0 Å². The lowest BCUT2D eigenvalue weighted by Crippen LogP contribution is -2.50. The van der Waals surface area contributed by atoms with Crippen LogP contribution in [0, 0.1) is 16.7 Å². The van der Waals surface area contributed by atoms with Crippen LogP contribution in [0.4, 0.5) is 0 Å². The molecule has 0 radical (unpaired) electrons. The number of hydrogen-bond donors (Lipinski definition) is 1. The first kappa shape index (κ1) is 12.2. The van der Waals surface area contributed by atoms with Crippen molar-refractivity contribution in [3.8, 4) is 0 Å². The molecule has 98 valence electrons. The van der Waals surface area contributed by atoms with Gasteiger partial charge in [-0.25, -0.2) is 0 Å². The molecule has 1 aromatic heterocycles. The Balaban J connectivity index is 1.73. The second-order valence-corrected chi connectivity index (χ2v) is 7.05. The Morgan fingerprint density at radius 3 is 2.78 bits per heavy atom. The number of nitrogens with zero attached hydrogens (tertiary/aromatic N) is 1. The third-order valence-corrected chi connectivity index (χ3v) is 5.48. The zero-order chi connectivity index (χ0) is 12.8. The fourth-order valence-corrected chi connectivity index (χ4v) is 4.52. The molecule has 0 saturated heterocycles.